The Labute approximate surface area is 203 Å². The summed E-state index contributed by atoms with van der Waals surface area (Å²) in [7, 11) is 0. The van der Waals surface area contributed by atoms with Gasteiger partial charge in [0, 0.05) is 31.7 Å². The molecule has 2 amide bonds. The third-order valence-electron chi connectivity index (χ3n) is 6.17. The maximum absolute atomic E-state index is 12.7. The van der Waals surface area contributed by atoms with E-state index in [1.807, 2.05) is 48.5 Å². The zero-order valence-electron chi connectivity index (χ0n) is 19.3. The van der Waals surface area contributed by atoms with Crippen LogP contribution in [0.1, 0.15) is 12.0 Å². The molecule has 1 fully saturated rings. The van der Waals surface area contributed by atoms with Crippen molar-refractivity contribution in [3.05, 3.63) is 78.8 Å². The van der Waals surface area contributed by atoms with Crippen LogP contribution in [-0.2, 0) is 22.6 Å². The number of amides is 2. The maximum Gasteiger partial charge on any atom is 0.227 e. The number of carbonyl (C=O) groups excluding carboxylic acids is 2. The summed E-state index contributed by atoms with van der Waals surface area (Å²) >= 11 is 0. The lowest BCUT2D eigenvalue weighted by Gasteiger charge is -2.16. The van der Waals surface area contributed by atoms with Crippen molar-refractivity contribution in [3.8, 4) is 0 Å². The Morgan fingerprint density at radius 2 is 1.77 bits per heavy atom. The van der Waals surface area contributed by atoms with Crippen LogP contribution in [0.3, 0.4) is 0 Å². The summed E-state index contributed by atoms with van der Waals surface area (Å²) in [6.45, 7) is 2.01. The van der Waals surface area contributed by atoms with E-state index in [0.29, 0.717) is 25.3 Å². The number of nitrogens with zero attached hydrogens (tertiary/aromatic N) is 5. The van der Waals surface area contributed by atoms with E-state index in [1.165, 1.54) is 11.9 Å². The fourth-order valence-corrected chi connectivity index (χ4v) is 4.34. The number of hydrogen-bond acceptors (Lipinski definition) is 6. The fourth-order valence-electron chi connectivity index (χ4n) is 4.34. The van der Waals surface area contributed by atoms with Crippen molar-refractivity contribution >= 4 is 34.4 Å². The van der Waals surface area contributed by atoms with Crippen LogP contribution in [0.5, 0.6) is 0 Å². The Hall–Kier alpha value is -4.27. The van der Waals surface area contributed by atoms with Gasteiger partial charge in [-0.25, -0.2) is 14.6 Å². The number of rotatable bonds is 9. The number of para-hydroxylation sites is 1. The molecule has 0 saturated carbocycles. The number of hydrogen-bond donors (Lipinski definition) is 2. The standard InChI is InChI=1S/C26H27N7O2/c34-23-15-20(17-32(23)21-9-5-2-6-10-21)26(35)28-13-14-33-25-22(16-31-33)24(29-18-30-25)27-12-11-19-7-3-1-4-8-19/h1-10,16,18,20H,11-15,17H2,(H,28,35)(H,27,29,30). The van der Waals surface area contributed by atoms with Crippen LogP contribution in [0.15, 0.2) is 73.2 Å². The number of fused-ring (bicyclic) bond motifs is 1. The van der Waals surface area contributed by atoms with Crippen molar-refractivity contribution in [2.45, 2.75) is 19.4 Å². The molecule has 178 valence electrons. The molecule has 4 aromatic rings. The van der Waals surface area contributed by atoms with Gasteiger partial charge in [0.15, 0.2) is 5.65 Å². The number of carbonyl (C=O) groups is 2. The average molecular weight is 470 g/mol. The van der Waals surface area contributed by atoms with Crippen molar-refractivity contribution in [2.75, 3.05) is 29.9 Å². The first kappa shape index (κ1) is 22.5. The summed E-state index contributed by atoms with van der Waals surface area (Å²) in [4.78, 5) is 35.5. The minimum Gasteiger partial charge on any atom is -0.369 e. The summed E-state index contributed by atoms with van der Waals surface area (Å²) in [5.41, 5.74) is 2.79. The second-order valence-corrected chi connectivity index (χ2v) is 8.52. The van der Waals surface area contributed by atoms with Crippen molar-refractivity contribution in [2.24, 2.45) is 5.92 Å². The third-order valence-corrected chi connectivity index (χ3v) is 6.17. The molecule has 9 nitrogen and oxygen atoms in total. The molecule has 1 aliphatic rings. The predicted octanol–water partition coefficient (Wildman–Crippen LogP) is 2.65. The fraction of sp³-hybridized carbons (Fsp3) is 0.269. The second kappa shape index (κ2) is 10.3. The van der Waals surface area contributed by atoms with Crippen LogP contribution < -0.4 is 15.5 Å². The van der Waals surface area contributed by atoms with E-state index in [4.69, 9.17) is 0 Å². The van der Waals surface area contributed by atoms with Gasteiger partial charge in [-0.2, -0.15) is 5.10 Å². The SMILES string of the molecule is O=C(NCCn1ncc2c(NCCc3ccccc3)ncnc21)C1CC(=O)N(c2ccccc2)C1. The summed E-state index contributed by atoms with van der Waals surface area (Å²) in [6, 6.07) is 19.7. The van der Waals surface area contributed by atoms with Gasteiger partial charge in [0.2, 0.25) is 11.8 Å². The molecule has 1 aliphatic heterocycles. The second-order valence-electron chi connectivity index (χ2n) is 8.52. The maximum atomic E-state index is 12.7. The van der Waals surface area contributed by atoms with Gasteiger partial charge >= 0.3 is 0 Å². The molecule has 0 aliphatic carbocycles. The molecular weight excluding hydrogens is 442 g/mol. The summed E-state index contributed by atoms with van der Waals surface area (Å²) < 4.78 is 1.76. The first-order chi connectivity index (χ1) is 17.2. The van der Waals surface area contributed by atoms with Crippen LogP contribution in [0.4, 0.5) is 11.5 Å². The molecule has 1 saturated heterocycles. The molecule has 1 unspecified atom stereocenters. The number of nitrogens with one attached hydrogen (secondary N) is 2. The first-order valence-corrected chi connectivity index (χ1v) is 11.8. The predicted molar refractivity (Wildman–Crippen MR) is 134 cm³/mol. The van der Waals surface area contributed by atoms with E-state index >= 15 is 0 Å². The molecule has 0 radical (unpaired) electrons. The van der Waals surface area contributed by atoms with E-state index in [0.717, 1.165) is 29.9 Å². The summed E-state index contributed by atoms with van der Waals surface area (Å²) in [5.74, 6) is 0.232. The first-order valence-electron chi connectivity index (χ1n) is 11.8. The highest BCUT2D eigenvalue weighted by molar-refractivity contribution is 6.00. The lowest BCUT2D eigenvalue weighted by atomic mass is 10.1. The molecule has 2 aromatic heterocycles. The number of benzene rings is 2. The minimum atomic E-state index is -0.361. The van der Waals surface area contributed by atoms with Gasteiger partial charge in [-0.15, -0.1) is 0 Å². The Bertz CT molecular complexity index is 1310. The monoisotopic (exact) mass is 469 g/mol. The van der Waals surface area contributed by atoms with Crippen LogP contribution in [0.25, 0.3) is 11.0 Å². The Balaban J connectivity index is 1.14. The molecule has 2 N–H and O–H groups in total. The van der Waals surface area contributed by atoms with Crippen LogP contribution in [0, 0.1) is 5.92 Å². The topological polar surface area (TPSA) is 105 Å². The zero-order chi connectivity index (χ0) is 24.0. The molecule has 1 atom stereocenters. The van der Waals surface area contributed by atoms with E-state index in [1.54, 1.807) is 15.8 Å². The lowest BCUT2D eigenvalue weighted by Crippen LogP contribution is -2.35. The minimum absolute atomic E-state index is 0.0292. The summed E-state index contributed by atoms with van der Waals surface area (Å²) in [5, 5.41) is 11.6. The zero-order valence-corrected chi connectivity index (χ0v) is 19.3. The van der Waals surface area contributed by atoms with Crippen molar-refractivity contribution in [1.29, 1.82) is 0 Å². The highest BCUT2D eigenvalue weighted by atomic mass is 16.2. The smallest absolute Gasteiger partial charge is 0.227 e. The Morgan fingerprint density at radius 1 is 1.00 bits per heavy atom. The van der Waals surface area contributed by atoms with Crippen molar-refractivity contribution < 1.29 is 9.59 Å². The molecule has 0 spiro atoms. The molecule has 3 heterocycles. The van der Waals surface area contributed by atoms with Crippen LogP contribution in [-0.4, -0.2) is 51.2 Å². The lowest BCUT2D eigenvalue weighted by molar-refractivity contribution is -0.126. The molecule has 5 rings (SSSR count). The van der Waals surface area contributed by atoms with Gasteiger partial charge in [0.05, 0.1) is 24.0 Å². The normalized spacial score (nSPS) is 15.5. The largest absolute Gasteiger partial charge is 0.369 e. The van der Waals surface area contributed by atoms with E-state index in [9.17, 15) is 9.59 Å². The van der Waals surface area contributed by atoms with Gasteiger partial charge in [0.25, 0.3) is 0 Å². The van der Waals surface area contributed by atoms with E-state index < -0.39 is 0 Å². The van der Waals surface area contributed by atoms with Crippen LogP contribution in [0.2, 0.25) is 0 Å². The molecule has 0 bridgehead atoms. The number of aromatic nitrogens is 4. The van der Waals surface area contributed by atoms with Gasteiger partial charge in [-0.1, -0.05) is 48.5 Å². The van der Waals surface area contributed by atoms with E-state index in [2.05, 4.69) is 37.8 Å². The highest BCUT2D eigenvalue weighted by Crippen LogP contribution is 2.25. The van der Waals surface area contributed by atoms with Gasteiger partial charge in [0.1, 0.15) is 12.1 Å². The molecule has 2 aromatic carbocycles. The number of anilines is 2. The van der Waals surface area contributed by atoms with Gasteiger partial charge in [-0.05, 0) is 24.1 Å². The van der Waals surface area contributed by atoms with Gasteiger partial charge < -0.3 is 15.5 Å². The molecular formula is C26H27N7O2. The van der Waals surface area contributed by atoms with Crippen molar-refractivity contribution in [3.63, 3.8) is 0 Å². The third kappa shape index (κ3) is 5.13. The summed E-state index contributed by atoms with van der Waals surface area (Å²) in [6.07, 6.45) is 4.37. The van der Waals surface area contributed by atoms with Crippen LogP contribution >= 0.6 is 0 Å². The Morgan fingerprint density at radius 3 is 2.57 bits per heavy atom. The van der Waals surface area contributed by atoms with Gasteiger partial charge in [-0.3, -0.25) is 9.59 Å². The molecule has 35 heavy (non-hydrogen) atoms. The Kier molecular flexibility index (Phi) is 6.65. The quantitative estimate of drug-likeness (QED) is 0.391. The van der Waals surface area contributed by atoms with E-state index in [-0.39, 0.29) is 24.2 Å². The van der Waals surface area contributed by atoms with Crippen molar-refractivity contribution in [1.82, 2.24) is 25.1 Å². The highest BCUT2D eigenvalue weighted by Gasteiger charge is 2.34. The molecule has 9 heteroatoms. The average Bonchev–Trinajstić information content (AvgIpc) is 3.49.